The normalized spacial score (nSPS) is 14.7. The highest BCUT2D eigenvalue weighted by molar-refractivity contribution is 8.00. The molecule has 7 nitrogen and oxygen atoms in total. The van der Waals surface area contributed by atoms with Crippen LogP contribution >= 0.6 is 11.8 Å². The molecule has 3 aromatic rings. The van der Waals surface area contributed by atoms with Crippen molar-refractivity contribution < 1.29 is 19.0 Å². The summed E-state index contributed by atoms with van der Waals surface area (Å²) in [5.41, 5.74) is 5.94. The van der Waals surface area contributed by atoms with Crippen molar-refractivity contribution in [1.82, 2.24) is 10.3 Å². The summed E-state index contributed by atoms with van der Waals surface area (Å²) in [5.74, 6) is 1.20. The third-order valence-electron chi connectivity index (χ3n) is 6.49. The summed E-state index contributed by atoms with van der Waals surface area (Å²) in [4.78, 5) is 17.4. The number of carbonyl (C=O) groups is 1. The van der Waals surface area contributed by atoms with Crippen molar-refractivity contribution in [2.45, 2.75) is 37.8 Å². The number of pyridine rings is 1. The number of ether oxygens (including phenoxy) is 3. The minimum atomic E-state index is -0.115. The Morgan fingerprint density at radius 1 is 1.11 bits per heavy atom. The molecule has 1 atom stereocenters. The summed E-state index contributed by atoms with van der Waals surface area (Å²) in [5, 5.41) is 13.6. The Hall–Kier alpha value is -3.54. The van der Waals surface area contributed by atoms with Gasteiger partial charge in [0.05, 0.1) is 37.3 Å². The average molecular weight is 518 g/mol. The van der Waals surface area contributed by atoms with Crippen LogP contribution in [0.1, 0.15) is 29.5 Å². The molecule has 2 heterocycles. The van der Waals surface area contributed by atoms with Gasteiger partial charge in [0.15, 0.2) is 11.5 Å². The number of amides is 1. The largest absolute Gasteiger partial charge is 0.493 e. The fourth-order valence-corrected chi connectivity index (χ4v) is 5.06. The average Bonchev–Trinajstić information content (AvgIpc) is 3.45. The molecular formula is C29H31N3O4S. The van der Waals surface area contributed by atoms with E-state index >= 15 is 0 Å². The number of aromatic nitrogens is 1. The second kappa shape index (κ2) is 12.1. The Kier molecular flexibility index (Phi) is 8.70. The zero-order chi connectivity index (χ0) is 26.4. The van der Waals surface area contributed by atoms with Crippen molar-refractivity contribution in [3.05, 3.63) is 59.2 Å². The number of thioether (sulfide) groups is 1. The van der Waals surface area contributed by atoms with Gasteiger partial charge in [0.1, 0.15) is 11.1 Å². The van der Waals surface area contributed by atoms with Crippen LogP contribution in [0.4, 0.5) is 0 Å². The predicted molar refractivity (Wildman–Crippen MR) is 145 cm³/mol. The first-order chi connectivity index (χ1) is 17.9. The lowest BCUT2D eigenvalue weighted by Crippen LogP contribution is -2.32. The lowest BCUT2D eigenvalue weighted by molar-refractivity contribution is -0.119. The van der Waals surface area contributed by atoms with Gasteiger partial charge in [-0.05, 0) is 67.6 Å². The lowest BCUT2D eigenvalue weighted by Gasteiger charge is -2.15. The molecule has 0 spiro atoms. The van der Waals surface area contributed by atoms with Gasteiger partial charge >= 0.3 is 0 Å². The van der Waals surface area contributed by atoms with E-state index in [9.17, 15) is 10.1 Å². The first-order valence-electron chi connectivity index (χ1n) is 12.2. The Morgan fingerprint density at radius 2 is 1.89 bits per heavy atom. The molecule has 1 saturated heterocycles. The van der Waals surface area contributed by atoms with Crippen LogP contribution in [0, 0.1) is 25.2 Å². The summed E-state index contributed by atoms with van der Waals surface area (Å²) in [7, 11) is 3.16. The van der Waals surface area contributed by atoms with Crippen LogP contribution in [0.5, 0.6) is 11.5 Å². The molecule has 1 aliphatic rings. The van der Waals surface area contributed by atoms with Crippen molar-refractivity contribution in [1.29, 1.82) is 5.26 Å². The highest BCUT2D eigenvalue weighted by atomic mass is 32.2. The molecule has 1 fully saturated rings. The molecule has 0 unspecified atom stereocenters. The minimum Gasteiger partial charge on any atom is -0.493 e. The van der Waals surface area contributed by atoms with Crippen LogP contribution in [0.25, 0.3) is 22.4 Å². The van der Waals surface area contributed by atoms with E-state index in [1.165, 1.54) is 17.3 Å². The highest BCUT2D eigenvalue weighted by Crippen LogP contribution is 2.38. The molecule has 0 aliphatic carbocycles. The Balaban J connectivity index is 1.71. The minimum absolute atomic E-state index is 0.0755. The van der Waals surface area contributed by atoms with Crippen LogP contribution in [-0.2, 0) is 9.53 Å². The van der Waals surface area contributed by atoms with Gasteiger partial charge in [-0.3, -0.25) is 4.79 Å². The number of benzene rings is 2. The lowest BCUT2D eigenvalue weighted by atomic mass is 9.97. The molecule has 0 radical (unpaired) electrons. The third-order valence-corrected chi connectivity index (χ3v) is 7.46. The molecule has 4 rings (SSSR count). The first-order valence-corrected chi connectivity index (χ1v) is 13.2. The maximum Gasteiger partial charge on any atom is 0.230 e. The molecule has 1 aromatic heterocycles. The van der Waals surface area contributed by atoms with Crippen LogP contribution in [-0.4, -0.2) is 50.1 Å². The number of rotatable bonds is 9. The number of nitrogens with zero attached hydrogens (tertiary/aromatic N) is 2. The predicted octanol–water partition coefficient (Wildman–Crippen LogP) is 5.31. The van der Waals surface area contributed by atoms with Crippen LogP contribution < -0.4 is 14.8 Å². The molecule has 1 amide bonds. The highest BCUT2D eigenvalue weighted by Gasteiger charge is 2.20. The van der Waals surface area contributed by atoms with Crippen molar-refractivity contribution >= 4 is 17.7 Å². The Bertz CT molecular complexity index is 1330. The van der Waals surface area contributed by atoms with Gasteiger partial charge in [-0.1, -0.05) is 30.0 Å². The number of nitrogens with one attached hydrogen (secondary N) is 1. The molecule has 192 valence electrons. The zero-order valence-corrected chi connectivity index (χ0v) is 22.4. The first kappa shape index (κ1) is 26.5. The smallest absolute Gasteiger partial charge is 0.230 e. The Labute approximate surface area is 222 Å². The second-order valence-electron chi connectivity index (χ2n) is 8.94. The van der Waals surface area contributed by atoms with Gasteiger partial charge in [0, 0.05) is 24.3 Å². The van der Waals surface area contributed by atoms with E-state index < -0.39 is 0 Å². The number of hydrogen-bond acceptors (Lipinski definition) is 7. The van der Waals surface area contributed by atoms with E-state index in [1.54, 1.807) is 14.2 Å². The quantitative estimate of drug-likeness (QED) is 0.385. The van der Waals surface area contributed by atoms with Crippen molar-refractivity contribution in [2.75, 3.05) is 33.1 Å². The van der Waals surface area contributed by atoms with Gasteiger partial charge < -0.3 is 19.5 Å². The van der Waals surface area contributed by atoms with Gasteiger partial charge in [-0.2, -0.15) is 5.26 Å². The summed E-state index contributed by atoms with van der Waals surface area (Å²) < 4.78 is 16.5. The van der Waals surface area contributed by atoms with Gasteiger partial charge in [0.25, 0.3) is 0 Å². The van der Waals surface area contributed by atoms with E-state index in [0.29, 0.717) is 34.2 Å². The molecule has 37 heavy (non-hydrogen) atoms. The molecule has 0 bridgehead atoms. The molecule has 1 aliphatic heterocycles. The summed E-state index contributed by atoms with van der Waals surface area (Å²) >= 11 is 1.26. The van der Waals surface area contributed by atoms with E-state index in [-0.39, 0.29) is 17.8 Å². The monoisotopic (exact) mass is 517 g/mol. The van der Waals surface area contributed by atoms with Crippen LogP contribution in [0.2, 0.25) is 0 Å². The fourth-order valence-electron chi connectivity index (χ4n) is 4.23. The molecule has 0 saturated carbocycles. The van der Waals surface area contributed by atoms with E-state index in [2.05, 4.69) is 37.4 Å². The summed E-state index contributed by atoms with van der Waals surface area (Å²) in [6, 6.07) is 16.0. The second-order valence-corrected chi connectivity index (χ2v) is 9.91. The van der Waals surface area contributed by atoms with Crippen molar-refractivity contribution in [3.63, 3.8) is 0 Å². The van der Waals surface area contributed by atoms with E-state index in [4.69, 9.17) is 19.2 Å². The zero-order valence-electron chi connectivity index (χ0n) is 21.6. The fraction of sp³-hybridized carbons (Fsp3) is 0.345. The molecular weight excluding hydrogens is 486 g/mol. The molecule has 8 heteroatoms. The third kappa shape index (κ3) is 6.24. The summed E-state index contributed by atoms with van der Waals surface area (Å²) in [6.45, 7) is 5.37. The molecule has 2 aromatic carbocycles. The SMILES string of the molecule is COc1ccc(-c2cc(-c3ccc(C)c(C)c3)nc(SCC(=O)NC[C@@H]3CCCO3)c2C#N)cc1OC. The topological polar surface area (TPSA) is 93.5 Å². The standard InChI is InChI=1S/C29H31N3O4S/c1-18-7-8-21(12-19(18)2)25-14-23(20-9-10-26(34-3)27(13-20)35-4)24(15-30)29(32-25)37-17-28(33)31-16-22-6-5-11-36-22/h7-10,12-14,22H,5-6,11,16-17H2,1-4H3,(H,31,33)/t22-/m0/s1. The molecule has 1 N–H and O–H groups in total. The maximum atomic E-state index is 12.6. The van der Waals surface area contributed by atoms with Crippen molar-refractivity contribution in [3.8, 4) is 40.0 Å². The van der Waals surface area contributed by atoms with Crippen molar-refractivity contribution in [2.24, 2.45) is 0 Å². The van der Waals surface area contributed by atoms with Gasteiger partial charge in [0.2, 0.25) is 5.91 Å². The number of methoxy groups -OCH3 is 2. The van der Waals surface area contributed by atoms with Gasteiger partial charge in [-0.25, -0.2) is 4.98 Å². The van der Waals surface area contributed by atoms with Crippen LogP contribution in [0.3, 0.4) is 0 Å². The number of aryl methyl sites for hydroxylation is 2. The van der Waals surface area contributed by atoms with E-state index in [1.807, 2.05) is 30.3 Å². The maximum absolute atomic E-state index is 12.6. The number of nitriles is 1. The summed E-state index contributed by atoms with van der Waals surface area (Å²) in [6.07, 6.45) is 2.06. The number of carbonyl (C=O) groups excluding carboxylic acids is 1. The Morgan fingerprint density at radius 3 is 2.57 bits per heavy atom. The van der Waals surface area contributed by atoms with E-state index in [0.717, 1.165) is 41.8 Å². The van der Waals surface area contributed by atoms with Crippen LogP contribution in [0.15, 0.2) is 47.5 Å². The number of hydrogen-bond donors (Lipinski definition) is 1. The van der Waals surface area contributed by atoms with Gasteiger partial charge in [-0.15, -0.1) is 0 Å².